The number of nitrogens with one attached hydrogen (secondary N) is 2. The van der Waals surface area contributed by atoms with E-state index in [0.29, 0.717) is 23.4 Å². The van der Waals surface area contributed by atoms with E-state index in [9.17, 15) is 15.0 Å². The molecule has 6 nitrogen and oxygen atoms in total. The Morgan fingerprint density at radius 3 is 3.05 bits per heavy atom. The van der Waals surface area contributed by atoms with Gasteiger partial charge in [0.25, 0.3) is 0 Å². The van der Waals surface area contributed by atoms with Gasteiger partial charge in [0.15, 0.2) is 0 Å². The van der Waals surface area contributed by atoms with Crippen LogP contribution in [0.5, 0.6) is 5.75 Å². The van der Waals surface area contributed by atoms with Gasteiger partial charge in [-0.3, -0.25) is 9.78 Å². The van der Waals surface area contributed by atoms with E-state index >= 15 is 0 Å². The molecule has 104 valence electrons. The summed E-state index contributed by atoms with van der Waals surface area (Å²) in [6, 6.07) is -0.242. The van der Waals surface area contributed by atoms with Gasteiger partial charge in [-0.1, -0.05) is 0 Å². The average molecular weight is 265 g/mol. The minimum Gasteiger partial charge on any atom is -0.506 e. The standard InChI is InChI=1S/C13H19N3O3/c1-8-12(18)10(9(7-17)5-15-8)6-16-11-3-2-4-14-13(11)19/h5,11,16-18H,2-4,6-7H2,1H3,(H,14,19). The van der Waals surface area contributed by atoms with Gasteiger partial charge in [0.1, 0.15) is 5.75 Å². The number of carbonyl (C=O) groups is 1. The molecular formula is C13H19N3O3. The summed E-state index contributed by atoms with van der Waals surface area (Å²) >= 11 is 0. The first-order valence-corrected chi connectivity index (χ1v) is 6.41. The molecule has 1 aromatic rings. The van der Waals surface area contributed by atoms with Crippen LogP contribution in [0.3, 0.4) is 0 Å². The first kappa shape index (κ1) is 13.8. The zero-order valence-electron chi connectivity index (χ0n) is 10.9. The number of aromatic hydroxyl groups is 1. The molecule has 1 saturated heterocycles. The van der Waals surface area contributed by atoms with Gasteiger partial charge in [-0.2, -0.15) is 0 Å². The van der Waals surface area contributed by atoms with E-state index in [0.717, 1.165) is 19.4 Å². The Morgan fingerprint density at radius 2 is 2.37 bits per heavy atom. The molecule has 1 aromatic heterocycles. The number of nitrogens with zero attached hydrogens (tertiary/aromatic N) is 1. The molecule has 1 unspecified atom stereocenters. The lowest BCUT2D eigenvalue weighted by Crippen LogP contribution is -2.48. The zero-order valence-corrected chi connectivity index (χ0v) is 10.9. The van der Waals surface area contributed by atoms with Gasteiger partial charge in [-0.15, -0.1) is 0 Å². The molecule has 1 aliphatic rings. The second-order valence-corrected chi connectivity index (χ2v) is 4.72. The highest BCUT2D eigenvalue weighted by atomic mass is 16.3. The van der Waals surface area contributed by atoms with Crippen molar-refractivity contribution in [2.24, 2.45) is 0 Å². The van der Waals surface area contributed by atoms with Crippen molar-refractivity contribution < 1.29 is 15.0 Å². The van der Waals surface area contributed by atoms with E-state index < -0.39 is 0 Å². The number of carbonyl (C=O) groups excluding carboxylic acids is 1. The van der Waals surface area contributed by atoms with Crippen molar-refractivity contribution >= 4 is 5.91 Å². The van der Waals surface area contributed by atoms with Crippen LogP contribution < -0.4 is 10.6 Å². The lowest BCUT2D eigenvalue weighted by atomic mass is 10.0. The van der Waals surface area contributed by atoms with Crippen molar-refractivity contribution in [1.29, 1.82) is 0 Å². The second-order valence-electron chi connectivity index (χ2n) is 4.72. The summed E-state index contributed by atoms with van der Waals surface area (Å²) in [5, 5.41) is 25.2. The summed E-state index contributed by atoms with van der Waals surface area (Å²) < 4.78 is 0. The predicted molar refractivity (Wildman–Crippen MR) is 69.4 cm³/mol. The van der Waals surface area contributed by atoms with Crippen LogP contribution in [0.4, 0.5) is 0 Å². The van der Waals surface area contributed by atoms with Crippen molar-refractivity contribution in [3.05, 3.63) is 23.0 Å². The molecule has 0 spiro atoms. The third-order valence-corrected chi connectivity index (χ3v) is 3.41. The van der Waals surface area contributed by atoms with E-state index in [-0.39, 0.29) is 24.3 Å². The molecule has 0 saturated carbocycles. The quantitative estimate of drug-likeness (QED) is 0.612. The molecule has 0 bridgehead atoms. The van der Waals surface area contributed by atoms with Gasteiger partial charge in [-0.25, -0.2) is 0 Å². The molecule has 1 amide bonds. The van der Waals surface area contributed by atoms with E-state index in [1.807, 2.05) is 0 Å². The fourth-order valence-corrected chi connectivity index (χ4v) is 2.21. The number of aromatic nitrogens is 1. The highest BCUT2D eigenvalue weighted by Crippen LogP contribution is 2.24. The largest absolute Gasteiger partial charge is 0.506 e. The Morgan fingerprint density at radius 1 is 1.58 bits per heavy atom. The van der Waals surface area contributed by atoms with Crippen LogP contribution >= 0.6 is 0 Å². The first-order valence-electron chi connectivity index (χ1n) is 6.41. The maximum atomic E-state index is 11.6. The van der Waals surface area contributed by atoms with Gasteiger partial charge in [0.2, 0.25) is 5.91 Å². The van der Waals surface area contributed by atoms with Gasteiger partial charge >= 0.3 is 0 Å². The van der Waals surface area contributed by atoms with E-state index in [4.69, 9.17) is 0 Å². The highest BCUT2D eigenvalue weighted by molar-refractivity contribution is 5.82. The number of hydrogen-bond acceptors (Lipinski definition) is 5. The van der Waals surface area contributed by atoms with Gasteiger partial charge in [0, 0.05) is 30.4 Å². The molecule has 0 aromatic carbocycles. The smallest absolute Gasteiger partial charge is 0.237 e. The molecule has 0 aliphatic carbocycles. The number of aliphatic hydroxyl groups is 1. The Hall–Kier alpha value is -1.66. The molecule has 6 heteroatoms. The monoisotopic (exact) mass is 265 g/mol. The number of pyridine rings is 1. The first-order chi connectivity index (χ1) is 9.13. The molecule has 0 radical (unpaired) electrons. The lowest BCUT2D eigenvalue weighted by Gasteiger charge is -2.23. The van der Waals surface area contributed by atoms with Crippen LogP contribution in [0.1, 0.15) is 29.7 Å². The molecule has 2 heterocycles. The summed E-state index contributed by atoms with van der Waals surface area (Å²) in [4.78, 5) is 15.6. The van der Waals surface area contributed by atoms with Crippen molar-refractivity contribution in [3.63, 3.8) is 0 Å². The van der Waals surface area contributed by atoms with Crippen LogP contribution in [-0.2, 0) is 17.9 Å². The lowest BCUT2D eigenvalue weighted by molar-refractivity contribution is -0.124. The minimum absolute atomic E-state index is 0.0120. The molecule has 1 atom stereocenters. The maximum absolute atomic E-state index is 11.6. The van der Waals surface area contributed by atoms with Gasteiger partial charge < -0.3 is 20.8 Å². The molecule has 1 fully saturated rings. The Balaban J connectivity index is 2.10. The molecular weight excluding hydrogens is 246 g/mol. The minimum atomic E-state index is -0.242. The fraction of sp³-hybridized carbons (Fsp3) is 0.538. The van der Waals surface area contributed by atoms with Crippen LogP contribution in [-0.4, -0.2) is 33.7 Å². The van der Waals surface area contributed by atoms with Gasteiger partial charge in [0.05, 0.1) is 18.3 Å². The number of piperidine rings is 1. The summed E-state index contributed by atoms with van der Waals surface area (Å²) in [5.74, 6) is 0.0670. The number of rotatable bonds is 4. The van der Waals surface area contributed by atoms with E-state index in [1.54, 1.807) is 13.1 Å². The average Bonchev–Trinajstić information content (AvgIpc) is 2.42. The van der Waals surface area contributed by atoms with E-state index in [2.05, 4.69) is 15.6 Å². The van der Waals surface area contributed by atoms with Crippen LogP contribution in [0.2, 0.25) is 0 Å². The summed E-state index contributed by atoms with van der Waals surface area (Å²) in [6.45, 7) is 2.57. The number of hydrogen-bond donors (Lipinski definition) is 4. The van der Waals surface area contributed by atoms with Crippen molar-refractivity contribution in [2.45, 2.75) is 39.0 Å². The summed E-state index contributed by atoms with van der Waals surface area (Å²) in [6.07, 6.45) is 3.27. The van der Waals surface area contributed by atoms with Crippen molar-refractivity contribution in [3.8, 4) is 5.75 Å². The van der Waals surface area contributed by atoms with Crippen LogP contribution in [0.25, 0.3) is 0 Å². The predicted octanol–water partition coefficient (Wildman–Crippen LogP) is -0.0439. The third-order valence-electron chi connectivity index (χ3n) is 3.41. The number of aryl methyl sites for hydroxylation is 1. The SMILES string of the molecule is Cc1ncc(CO)c(CNC2CCCNC2=O)c1O. The highest BCUT2D eigenvalue weighted by Gasteiger charge is 2.22. The van der Waals surface area contributed by atoms with Crippen molar-refractivity contribution in [2.75, 3.05) is 6.54 Å². The molecule has 1 aliphatic heterocycles. The zero-order chi connectivity index (χ0) is 13.8. The molecule has 19 heavy (non-hydrogen) atoms. The summed E-state index contributed by atoms with van der Waals surface area (Å²) in [5.41, 5.74) is 1.70. The summed E-state index contributed by atoms with van der Waals surface area (Å²) in [7, 11) is 0. The Kier molecular flexibility index (Phi) is 4.34. The molecule has 2 rings (SSSR count). The molecule has 4 N–H and O–H groups in total. The Bertz CT molecular complexity index is 476. The topological polar surface area (TPSA) is 94.5 Å². The second kappa shape index (κ2) is 5.99. The van der Waals surface area contributed by atoms with Crippen LogP contribution in [0.15, 0.2) is 6.20 Å². The normalized spacial score (nSPS) is 19.3. The Labute approximate surface area is 111 Å². The van der Waals surface area contributed by atoms with Crippen LogP contribution in [0, 0.1) is 6.92 Å². The van der Waals surface area contributed by atoms with Gasteiger partial charge in [-0.05, 0) is 19.8 Å². The third kappa shape index (κ3) is 3.02. The maximum Gasteiger partial charge on any atom is 0.237 e. The van der Waals surface area contributed by atoms with E-state index in [1.165, 1.54) is 0 Å². The fourth-order valence-electron chi connectivity index (χ4n) is 2.21. The number of aliphatic hydroxyl groups excluding tert-OH is 1. The van der Waals surface area contributed by atoms with Crippen molar-refractivity contribution in [1.82, 2.24) is 15.6 Å². The number of amides is 1.